The molecule has 10 heteroatoms. The highest BCUT2D eigenvalue weighted by Gasteiger charge is 2.30. The number of piperidine rings is 1. The van der Waals surface area contributed by atoms with Crippen molar-refractivity contribution in [1.82, 2.24) is 30.0 Å². The lowest BCUT2D eigenvalue weighted by atomic mass is 9.93. The van der Waals surface area contributed by atoms with Crippen molar-refractivity contribution >= 4 is 17.4 Å². The minimum atomic E-state index is 0.0220. The highest BCUT2D eigenvalue weighted by Crippen LogP contribution is 2.35. The first-order valence-corrected chi connectivity index (χ1v) is 9.21. The van der Waals surface area contributed by atoms with Gasteiger partial charge in [0.1, 0.15) is 16.3 Å². The van der Waals surface area contributed by atoms with Crippen LogP contribution >= 0.6 is 11.5 Å². The number of hydrogen-bond donors (Lipinski definition) is 0. The third-order valence-electron chi connectivity index (χ3n) is 4.59. The molecule has 1 saturated heterocycles. The predicted octanol–water partition coefficient (Wildman–Crippen LogP) is 2.14. The maximum atomic E-state index is 12.6. The average molecular weight is 374 g/mol. The van der Waals surface area contributed by atoms with Crippen LogP contribution in [0.1, 0.15) is 41.5 Å². The Morgan fingerprint density at radius 2 is 2.23 bits per heavy atom. The van der Waals surface area contributed by atoms with Gasteiger partial charge in [0, 0.05) is 25.1 Å². The van der Waals surface area contributed by atoms with E-state index in [0.29, 0.717) is 23.7 Å². The van der Waals surface area contributed by atoms with Gasteiger partial charge in [-0.1, -0.05) is 20.0 Å². The van der Waals surface area contributed by atoms with Crippen LogP contribution in [-0.4, -0.2) is 49.0 Å². The Hall–Kier alpha value is -2.62. The van der Waals surface area contributed by atoms with E-state index in [0.717, 1.165) is 35.7 Å². The molecule has 0 spiro atoms. The van der Waals surface area contributed by atoms with Crippen molar-refractivity contribution < 1.29 is 13.9 Å². The molecule has 1 fully saturated rings. The van der Waals surface area contributed by atoms with Crippen LogP contribution in [0.5, 0.6) is 0 Å². The largest absolute Gasteiger partial charge is 0.355 e. The number of rotatable bonds is 4. The zero-order valence-electron chi connectivity index (χ0n) is 14.5. The van der Waals surface area contributed by atoms with Gasteiger partial charge in [-0.3, -0.25) is 4.79 Å². The summed E-state index contributed by atoms with van der Waals surface area (Å²) < 4.78 is 14.1. The van der Waals surface area contributed by atoms with Gasteiger partial charge in [0.25, 0.3) is 0 Å². The van der Waals surface area contributed by atoms with E-state index in [4.69, 9.17) is 4.52 Å². The highest BCUT2D eigenvalue weighted by molar-refractivity contribution is 7.09. The molecule has 26 heavy (non-hydrogen) atoms. The highest BCUT2D eigenvalue weighted by atomic mass is 32.1. The normalized spacial score (nSPS) is 17.6. The molecule has 1 aliphatic rings. The third-order valence-corrected chi connectivity index (χ3v) is 5.35. The smallest absolute Gasteiger partial charge is 0.228 e. The van der Waals surface area contributed by atoms with Crippen LogP contribution in [0.4, 0.5) is 0 Å². The van der Waals surface area contributed by atoms with Crippen molar-refractivity contribution in [3.63, 3.8) is 0 Å². The third kappa shape index (κ3) is 3.24. The zero-order valence-corrected chi connectivity index (χ0v) is 15.3. The number of aryl methyl sites for hydroxylation is 2. The first-order chi connectivity index (χ1) is 12.6. The fourth-order valence-corrected chi connectivity index (χ4v) is 3.90. The van der Waals surface area contributed by atoms with E-state index in [9.17, 15) is 4.79 Å². The molecule has 4 rings (SSSR count). The number of carbonyl (C=O) groups excluding carboxylic acids is 1. The van der Waals surface area contributed by atoms with Crippen LogP contribution in [0.25, 0.3) is 10.6 Å². The maximum Gasteiger partial charge on any atom is 0.228 e. The molecule has 1 atom stereocenters. The molecule has 3 aromatic rings. The molecule has 0 bridgehead atoms. The van der Waals surface area contributed by atoms with Crippen LogP contribution < -0.4 is 0 Å². The van der Waals surface area contributed by atoms with Crippen molar-refractivity contribution in [2.75, 3.05) is 13.1 Å². The number of likely N-dealkylation sites (tertiary alicyclic amines) is 1. The van der Waals surface area contributed by atoms with Crippen molar-refractivity contribution in [2.24, 2.45) is 0 Å². The Balaban J connectivity index is 1.50. The Morgan fingerprint density at radius 3 is 2.96 bits per heavy atom. The number of aromatic nitrogens is 5. The van der Waals surface area contributed by atoms with E-state index in [1.54, 1.807) is 6.92 Å². The first kappa shape index (κ1) is 16.8. The first-order valence-electron chi connectivity index (χ1n) is 8.43. The van der Waals surface area contributed by atoms with Gasteiger partial charge in [0.05, 0.1) is 17.8 Å². The van der Waals surface area contributed by atoms with Gasteiger partial charge in [0.15, 0.2) is 5.76 Å². The van der Waals surface area contributed by atoms with Gasteiger partial charge in [-0.05, 0) is 38.2 Å². The van der Waals surface area contributed by atoms with Crippen molar-refractivity contribution in [3.05, 3.63) is 28.8 Å². The summed E-state index contributed by atoms with van der Waals surface area (Å²) in [5.41, 5.74) is 2.93. The molecule has 0 N–H and O–H groups in total. The second-order valence-electron chi connectivity index (χ2n) is 6.47. The lowest BCUT2D eigenvalue weighted by Gasteiger charge is -2.32. The summed E-state index contributed by atoms with van der Waals surface area (Å²) in [5.74, 6) is 0.831. The predicted molar refractivity (Wildman–Crippen MR) is 91.4 cm³/mol. The topological polar surface area (TPSA) is 111 Å². The molecule has 0 saturated carbocycles. The lowest BCUT2D eigenvalue weighted by Crippen LogP contribution is -2.40. The summed E-state index contributed by atoms with van der Waals surface area (Å²) in [5, 5.41) is 15.8. The Morgan fingerprint density at radius 1 is 1.35 bits per heavy atom. The zero-order chi connectivity index (χ0) is 18.1. The number of carbonyl (C=O) groups is 1. The molecule has 0 radical (unpaired) electrons. The summed E-state index contributed by atoms with van der Waals surface area (Å²) in [7, 11) is 0. The molecule has 1 amide bonds. The van der Waals surface area contributed by atoms with Gasteiger partial charge in [-0.25, -0.2) is 4.63 Å². The summed E-state index contributed by atoms with van der Waals surface area (Å²) in [6.07, 6.45) is 2.07. The van der Waals surface area contributed by atoms with Crippen molar-refractivity contribution in [2.45, 2.75) is 39.0 Å². The average Bonchev–Trinajstić information content (AvgIpc) is 3.37. The summed E-state index contributed by atoms with van der Waals surface area (Å²) >= 11 is 1.30. The monoisotopic (exact) mass is 374 g/mol. The maximum absolute atomic E-state index is 12.6. The second-order valence-corrected chi connectivity index (χ2v) is 7.23. The molecule has 136 valence electrons. The van der Waals surface area contributed by atoms with Gasteiger partial charge in [-0.2, -0.15) is 0 Å². The van der Waals surface area contributed by atoms with Crippen LogP contribution in [0.3, 0.4) is 0 Å². The Bertz CT molecular complexity index is 917. The standard InChI is InChI=1S/C16H18N6O3S/c1-9-6-13(24-18-9)16-15(17-21-26-16)11-4-3-5-22(8-11)14(23)7-12-10(2)19-25-20-12/h6,11H,3-5,7-8H2,1-2H3/t11-/m0/s1. The van der Waals surface area contributed by atoms with Crippen LogP contribution in [0.15, 0.2) is 15.2 Å². The van der Waals surface area contributed by atoms with Crippen LogP contribution in [-0.2, 0) is 11.2 Å². The molecular weight excluding hydrogens is 356 g/mol. The summed E-state index contributed by atoms with van der Waals surface area (Å²) in [6.45, 7) is 5.00. The van der Waals surface area contributed by atoms with Gasteiger partial charge >= 0.3 is 0 Å². The Kier molecular flexibility index (Phi) is 4.49. The summed E-state index contributed by atoms with van der Waals surface area (Å²) in [4.78, 5) is 15.4. The number of nitrogens with zero attached hydrogens (tertiary/aromatic N) is 6. The minimum Gasteiger partial charge on any atom is -0.355 e. The quantitative estimate of drug-likeness (QED) is 0.683. The molecule has 0 unspecified atom stereocenters. The van der Waals surface area contributed by atoms with E-state index in [1.807, 2.05) is 17.9 Å². The molecule has 0 aliphatic carbocycles. The second kappa shape index (κ2) is 6.94. The van der Waals surface area contributed by atoms with E-state index < -0.39 is 0 Å². The molecule has 4 heterocycles. The van der Waals surface area contributed by atoms with E-state index >= 15 is 0 Å². The fraction of sp³-hybridized carbons (Fsp3) is 0.500. The van der Waals surface area contributed by atoms with Gasteiger partial charge in [-0.15, -0.1) is 5.10 Å². The molecule has 1 aliphatic heterocycles. The molecule has 3 aromatic heterocycles. The van der Waals surface area contributed by atoms with E-state index in [2.05, 4.69) is 29.7 Å². The lowest BCUT2D eigenvalue weighted by molar-refractivity contribution is -0.131. The summed E-state index contributed by atoms with van der Waals surface area (Å²) in [6, 6.07) is 1.88. The van der Waals surface area contributed by atoms with Crippen molar-refractivity contribution in [3.8, 4) is 10.6 Å². The molecule has 0 aromatic carbocycles. The van der Waals surface area contributed by atoms with E-state index in [1.165, 1.54) is 11.5 Å². The Labute approximate surface area is 153 Å². The fourth-order valence-electron chi connectivity index (χ4n) is 3.20. The minimum absolute atomic E-state index is 0.0220. The van der Waals surface area contributed by atoms with E-state index in [-0.39, 0.29) is 18.2 Å². The van der Waals surface area contributed by atoms with Gasteiger partial charge in [0.2, 0.25) is 5.91 Å². The van der Waals surface area contributed by atoms with Crippen LogP contribution in [0, 0.1) is 13.8 Å². The molecule has 9 nitrogen and oxygen atoms in total. The number of hydrogen-bond acceptors (Lipinski definition) is 9. The van der Waals surface area contributed by atoms with Crippen molar-refractivity contribution in [1.29, 1.82) is 0 Å². The van der Waals surface area contributed by atoms with Crippen LogP contribution in [0.2, 0.25) is 0 Å². The molecular formula is C16H18N6O3S. The van der Waals surface area contributed by atoms with Gasteiger partial charge < -0.3 is 9.42 Å². The SMILES string of the molecule is Cc1cc(-c2snnc2[C@H]2CCCN(C(=O)Cc3nonc3C)C2)on1. The number of amides is 1.